The summed E-state index contributed by atoms with van der Waals surface area (Å²) in [6.07, 6.45) is 0. The lowest BCUT2D eigenvalue weighted by Gasteiger charge is -2.11. The second kappa shape index (κ2) is 7.38. The highest BCUT2D eigenvalue weighted by Gasteiger charge is 2.28. The molecule has 0 aromatic rings. The Balaban J connectivity index is 3.83. The number of nitrogens with two attached hydrogens (primary N) is 1. The summed E-state index contributed by atoms with van der Waals surface area (Å²) in [5.41, 5.74) is 0.860. The summed E-state index contributed by atoms with van der Waals surface area (Å²) >= 11 is -0.266. The Morgan fingerprint density at radius 2 is 2.06 bits per heavy atom. The molecule has 0 aromatic heterocycles. The fourth-order valence-electron chi connectivity index (χ4n) is 0.790. The standard InChI is InChI=1S/C8H13F3N2O3S/c1-2-16-7(15)5(12)6(14)13-3-4-17-8(9,10)11/h5H,2-4,12H2,1H3,(H,13,14). The Labute approximate surface area is 100 Å². The van der Waals surface area contributed by atoms with Gasteiger partial charge in [-0.05, 0) is 18.7 Å². The fourth-order valence-corrected chi connectivity index (χ4v) is 1.23. The van der Waals surface area contributed by atoms with Gasteiger partial charge in [0.2, 0.25) is 5.91 Å². The van der Waals surface area contributed by atoms with Crippen molar-refractivity contribution in [2.24, 2.45) is 5.73 Å². The van der Waals surface area contributed by atoms with Crippen molar-refractivity contribution in [1.29, 1.82) is 0 Å². The van der Waals surface area contributed by atoms with Crippen LogP contribution in [0.4, 0.5) is 13.2 Å². The van der Waals surface area contributed by atoms with Crippen LogP contribution in [0.3, 0.4) is 0 Å². The average Bonchev–Trinajstić information content (AvgIpc) is 2.22. The predicted octanol–water partition coefficient (Wildman–Crippen LogP) is 0.246. The molecule has 0 saturated carbocycles. The van der Waals surface area contributed by atoms with Gasteiger partial charge in [-0.3, -0.25) is 4.79 Å². The molecule has 1 atom stereocenters. The van der Waals surface area contributed by atoms with Crippen molar-refractivity contribution in [3.05, 3.63) is 0 Å². The SMILES string of the molecule is CCOC(=O)C(N)C(=O)NCCSC(F)(F)F. The zero-order valence-corrected chi connectivity index (χ0v) is 9.86. The molecule has 0 fully saturated rings. The number of rotatable bonds is 6. The van der Waals surface area contributed by atoms with E-state index in [1.54, 1.807) is 6.92 Å². The summed E-state index contributed by atoms with van der Waals surface area (Å²) in [6.45, 7) is 1.39. The maximum Gasteiger partial charge on any atom is 0.441 e. The molecule has 9 heteroatoms. The predicted molar refractivity (Wildman–Crippen MR) is 56.1 cm³/mol. The number of ether oxygens (including phenoxy) is 1. The van der Waals surface area contributed by atoms with Crippen LogP contribution in [0.2, 0.25) is 0 Å². The van der Waals surface area contributed by atoms with Crippen LogP contribution < -0.4 is 11.1 Å². The molecule has 0 radical (unpaired) electrons. The molecule has 0 bridgehead atoms. The van der Waals surface area contributed by atoms with Gasteiger partial charge in [0.15, 0.2) is 6.04 Å². The number of carbonyl (C=O) groups excluding carboxylic acids is 2. The largest absolute Gasteiger partial charge is 0.464 e. The van der Waals surface area contributed by atoms with Gasteiger partial charge in [0.25, 0.3) is 0 Å². The summed E-state index contributed by atoms with van der Waals surface area (Å²) in [5, 5.41) is 2.11. The Bertz CT molecular complexity index is 273. The van der Waals surface area contributed by atoms with Crippen LogP contribution in [0.25, 0.3) is 0 Å². The molecule has 0 rings (SSSR count). The number of alkyl halides is 3. The first kappa shape index (κ1) is 16.0. The van der Waals surface area contributed by atoms with Crippen LogP contribution in [-0.4, -0.2) is 42.3 Å². The minimum atomic E-state index is -4.34. The summed E-state index contributed by atoms with van der Waals surface area (Å²) in [6, 6.07) is -1.51. The number of amides is 1. The molecule has 3 N–H and O–H groups in total. The number of hydrogen-bond acceptors (Lipinski definition) is 5. The van der Waals surface area contributed by atoms with Gasteiger partial charge in [-0.25, -0.2) is 4.79 Å². The van der Waals surface area contributed by atoms with Gasteiger partial charge >= 0.3 is 11.5 Å². The third kappa shape index (κ3) is 7.86. The Morgan fingerprint density at radius 1 is 1.47 bits per heavy atom. The second-order valence-corrected chi connectivity index (χ2v) is 3.97. The van der Waals surface area contributed by atoms with Crippen LogP contribution in [0.15, 0.2) is 0 Å². The van der Waals surface area contributed by atoms with Gasteiger partial charge in [0.1, 0.15) is 0 Å². The number of esters is 1. The van der Waals surface area contributed by atoms with Gasteiger partial charge in [-0.1, -0.05) is 0 Å². The van der Waals surface area contributed by atoms with Crippen molar-refractivity contribution in [2.75, 3.05) is 18.9 Å². The van der Waals surface area contributed by atoms with E-state index in [-0.39, 0.29) is 30.7 Å². The van der Waals surface area contributed by atoms with E-state index in [2.05, 4.69) is 10.1 Å². The van der Waals surface area contributed by atoms with E-state index < -0.39 is 23.4 Å². The maximum atomic E-state index is 11.7. The lowest BCUT2D eigenvalue weighted by atomic mass is 10.3. The zero-order chi connectivity index (χ0) is 13.5. The Hall–Kier alpha value is -0.960. The molecule has 0 aliphatic rings. The van der Waals surface area contributed by atoms with Crippen LogP contribution >= 0.6 is 11.8 Å². The highest BCUT2D eigenvalue weighted by Crippen LogP contribution is 2.29. The van der Waals surface area contributed by atoms with Crippen LogP contribution in [-0.2, 0) is 14.3 Å². The topological polar surface area (TPSA) is 81.4 Å². The third-order valence-corrected chi connectivity index (χ3v) is 2.23. The minimum absolute atomic E-state index is 0.0732. The third-order valence-electron chi connectivity index (χ3n) is 1.49. The molecule has 0 heterocycles. The van der Waals surface area contributed by atoms with Crippen molar-refractivity contribution in [2.45, 2.75) is 18.5 Å². The molecular formula is C8H13F3N2O3S. The van der Waals surface area contributed by atoms with Crippen molar-refractivity contribution in [3.63, 3.8) is 0 Å². The first-order valence-corrected chi connectivity index (χ1v) is 5.67. The highest BCUT2D eigenvalue weighted by molar-refractivity contribution is 8.00. The van der Waals surface area contributed by atoms with E-state index in [9.17, 15) is 22.8 Å². The molecule has 0 spiro atoms. The normalized spacial score (nSPS) is 13.0. The summed E-state index contributed by atoms with van der Waals surface area (Å²) < 4.78 is 39.6. The van der Waals surface area contributed by atoms with E-state index in [4.69, 9.17) is 5.73 Å². The highest BCUT2D eigenvalue weighted by atomic mass is 32.2. The summed E-state index contributed by atoms with van der Waals surface area (Å²) in [5.74, 6) is -2.11. The number of nitrogens with one attached hydrogen (secondary N) is 1. The Morgan fingerprint density at radius 3 is 2.53 bits per heavy atom. The number of thioether (sulfide) groups is 1. The molecule has 0 aromatic carbocycles. The number of carbonyl (C=O) groups is 2. The molecule has 0 saturated heterocycles. The fraction of sp³-hybridized carbons (Fsp3) is 0.750. The summed E-state index contributed by atoms with van der Waals surface area (Å²) in [4.78, 5) is 22.1. The molecule has 100 valence electrons. The van der Waals surface area contributed by atoms with E-state index in [0.29, 0.717) is 0 Å². The quantitative estimate of drug-likeness (QED) is 0.412. The molecule has 0 aliphatic carbocycles. The molecule has 1 amide bonds. The van der Waals surface area contributed by atoms with Crippen LogP contribution in [0.1, 0.15) is 6.92 Å². The maximum absolute atomic E-state index is 11.7. The summed E-state index contributed by atoms with van der Waals surface area (Å²) in [7, 11) is 0. The minimum Gasteiger partial charge on any atom is -0.464 e. The average molecular weight is 274 g/mol. The molecule has 5 nitrogen and oxygen atoms in total. The van der Waals surface area contributed by atoms with E-state index in [1.165, 1.54) is 0 Å². The molecule has 1 unspecified atom stereocenters. The van der Waals surface area contributed by atoms with Crippen molar-refractivity contribution >= 4 is 23.6 Å². The zero-order valence-electron chi connectivity index (χ0n) is 9.04. The van der Waals surface area contributed by atoms with Gasteiger partial charge < -0.3 is 15.8 Å². The van der Waals surface area contributed by atoms with E-state index in [0.717, 1.165) is 0 Å². The number of halogens is 3. The van der Waals surface area contributed by atoms with Crippen molar-refractivity contribution in [1.82, 2.24) is 5.32 Å². The van der Waals surface area contributed by atoms with Gasteiger partial charge in [-0.2, -0.15) is 13.2 Å². The van der Waals surface area contributed by atoms with Crippen LogP contribution in [0.5, 0.6) is 0 Å². The van der Waals surface area contributed by atoms with E-state index in [1.807, 2.05) is 0 Å². The number of hydrogen-bond donors (Lipinski definition) is 2. The molecule has 0 aliphatic heterocycles. The first-order chi connectivity index (χ1) is 7.78. The lowest BCUT2D eigenvalue weighted by Crippen LogP contribution is -2.47. The van der Waals surface area contributed by atoms with Gasteiger partial charge in [-0.15, -0.1) is 0 Å². The lowest BCUT2D eigenvalue weighted by molar-refractivity contribution is -0.147. The smallest absolute Gasteiger partial charge is 0.441 e. The van der Waals surface area contributed by atoms with E-state index >= 15 is 0 Å². The van der Waals surface area contributed by atoms with Crippen molar-refractivity contribution < 1.29 is 27.5 Å². The second-order valence-electron chi connectivity index (χ2n) is 2.81. The van der Waals surface area contributed by atoms with Gasteiger partial charge in [0.05, 0.1) is 6.61 Å². The van der Waals surface area contributed by atoms with Crippen LogP contribution in [0, 0.1) is 0 Å². The monoisotopic (exact) mass is 274 g/mol. The van der Waals surface area contributed by atoms with Gasteiger partial charge in [0, 0.05) is 12.3 Å². The molecule has 17 heavy (non-hydrogen) atoms. The first-order valence-electron chi connectivity index (χ1n) is 4.68. The Kier molecular flexibility index (Phi) is 6.97. The molecular weight excluding hydrogens is 261 g/mol. The van der Waals surface area contributed by atoms with Crippen molar-refractivity contribution in [3.8, 4) is 0 Å².